The van der Waals surface area contributed by atoms with Crippen molar-refractivity contribution in [1.29, 1.82) is 0 Å². The lowest BCUT2D eigenvalue weighted by Gasteiger charge is -2.25. The molecule has 0 unspecified atom stereocenters. The molecule has 0 bridgehead atoms. The van der Waals surface area contributed by atoms with Crippen molar-refractivity contribution in [2.24, 2.45) is 4.99 Å². The molecule has 5 rings (SSSR count). The highest BCUT2D eigenvalue weighted by atomic mass is 32.1. The fourth-order valence-electron chi connectivity index (χ4n) is 5.07. The largest absolute Gasteiger partial charge is 0.493 e. The van der Waals surface area contributed by atoms with Crippen LogP contribution in [0.3, 0.4) is 0 Å². The molecule has 0 aliphatic carbocycles. The van der Waals surface area contributed by atoms with Gasteiger partial charge in [-0.2, -0.15) is 0 Å². The number of thiazole rings is 1. The van der Waals surface area contributed by atoms with E-state index in [9.17, 15) is 9.59 Å². The fraction of sp³-hybridized carbons (Fsp3) is 0.281. The average Bonchev–Trinajstić information content (AvgIpc) is 3.44. The summed E-state index contributed by atoms with van der Waals surface area (Å²) in [7, 11) is 1.56. The number of methoxy groups -OCH3 is 1. The van der Waals surface area contributed by atoms with E-state index in [0.717, 1.165) is 16.5 Å². The van der Waals surface area contributed by atoms with E-state index in [1.165, 1.54) is 11.3 Å². The maximum Gasteiger partial charge on any atom is 0.338 e. The molecular formula is C32H31N3O5S. The van der Waals surface area contributed by atoms with Gasteiger partial charge in [0.05, 0.1) is 48.2 Å². The Labute approximate surface area is 241 Å². The summed E-state index contributed by atoms with van der Waals surface area (Å²) >= 11 is 1.28. The molecule has 0 spiro atoms. The van der Waals surface area contributed by atoms with Gasteiger partial charge in [0.15, 0.2) is 16.3 Å². The summed E-state index contributed by atoms with van der Waals surface area (Å²) in [5, 5.41) is 0.985. The van der Waals surface area contributed by atoms with E-state index in [2.05, 4.69) is 10.9 Å². The van der Waals surface area contributed by atoms with E-state index in [4.69, 9.17) is 20.6 Å². The number of nitrogens with zero attached hydrogens (tertiary/aromatic N) is 3. The zero-order valence-electron chi connectivity index (χ0n) is 23.6. The van der Waals surface area contributed by atoms with Gasteiger partial charge < -0.3 is 18.8 Å². The highest BCUT2D eigenvalue weighted by Gasteiger charge is 2.34. The van der Waals surface area contributed by atoms with Gasteiger partial charge in [0.2, 0.25) is 0 Å². The normalized spacial score (nSPS) is 15.0. The Hall–Kier alpha value is -4.55. The quantitative estimate of drug-likeness (QED) is 0.235. The van der Waals surface area contributed by atoms with Crippen molar-refractivity contribution in [3.8, 4) is 23.8 Å². The van der Waals surface area contributed by atoms with Crippen molar-refractivity contribution in [3.05, 3.63) is 90.7 Å². The van der Waals surface area contributed by atoms with Gasteiger partial charge in [0, 0.05) is 22.7 Å². The molecule has 0 saturated heterocycles. The molecule has 8 nitrogen and oxygen atoms in total. The molecule has 210 valence electrons. The summed E-state index contributed by atoms with van der Waals surface area (Å²) in [6.07, 6.45) is 9.35. The molecule has 2 aromatic carbocycles. The molecule has 0 amide bonds. The van der Waals surface area contributed by atoms with Gasteiger partial charge in [-0.15, -0.1) is 6.42 Å². The van der Waals surface area contributed by atoms with E-state index >= 15 is 0 Å². The van der Waals surface area contributed by atoms with Crippen LogP contribution in [0, 0.1) is 12.3 Å². The second-order valence-corrected chi connectivity index (χ2v) is 10.8. The van der Waals surface area contributed by atoms with Gasteiger partial charge in [-0.3, -0.25) is 9.36 Å². The number of para-hydroxylation sites is 1. The van der Waals surface area contributed by atoms with Crippen LogP contribution in [-0.2, 0) is 16.1 Å². The van der Waals surface area contributed by atoms with Gasteiger partial charge in [-0.1, -0.05) is 41.5 Å². The number of carbonyl (C=O) groups excluding carboxylic acids is 1. The number of rotatable bonds is 8. The first kappa shape index (κ1) is 28.0. The van der Waals surface area contributed by atoms with Crippen molar-refractivity contribution in [2.75, 3.05) is 13.7 Å². The first-order valence-electron chi connectivity index (χ1n) is 13.3. The summed E-state index contributed by atoms with van der Waals surface area (Å²) < 4.78 is 21.0. The van der Waals surface area contributed by atoms with Crippen LogP contribution >= 0.6 is 11.3 Å². The van der Waals surface area contributed by atoms with Crippen molar-refractivity contribution < 1.29 is 19.0 Å². The van der Waals surface area contributed by atoms with Crippen molar-refractivity contribution >= 4 is 34.3 Å². The van der Waals surface area contributed by atoms with Gasteiger partial charge >= 0.3 is 5.97 Å². The predicted molar refractivity (Wildman–Crippen MR) is 160 cm³/mol. The van der Waals surface area contributed by atoms with Crippen LogP contribution in [0.2, 0.25) is 0 Å². The number of hydrogen-bond acceptors (Lipinski definition) is 7. The van der Waals surface area contributed by atoms with E-state index < -0.39 is 12.0 Å². The van der Waals surface area contributed by atoms with Crippen LogP contribution in [0.25, 0.3) is 17.0 Å². The number of carbonyl (C=O) groups is 1. The Bertz CT molecular complexity index is 1900. The molecule has 1 atom stereocenters. The van der Waals surface area contributed by atoms with Crippen LogP contribution in [-0.4, -0.2) is 34.9 Å². The molecule has 41 heavy (non-hydrogen) atoms. The third-order valence-electron chi connectivity index (χ3n) is 6.75. The molecule has 1 aliphatic rings. The van der Waals surface area contributed by atoms with Crippen molar-refractivity contribution in [2.45, 2.75) is 46.4 Å². The molecule has 0 radical (unpaired) electrons. The maximum absolute atomic E-state index is 14.1. The second-order valence-electron chi connectivity index (χ2n) is 9.81. The highest BCUT2D eigenvalue weighted by Crippen LogP contribution is 2.36. The lowest BCUT2D eigenvalue weighted by molar-refractivity contribution is -0.139. The minimum absolute atomic E-state index is 0.0590. The van der Waals surface area contributed by atoms with Gasteiger partial charge in [0.1, 0.15) is 0 Å². The lowest BCUT2D eigenvalue weighted by atomic mass is 9.95. The molecule has 0 N–H and O–H groups in total. The predicted octanol–water partition coefficient (Wildman–Crippen LogP) is 4.18. The number of aromatic nitrogens is 2. The summed E-state index contributed by atoms with van der Waals surface area (Å²) in [5.41, 5.74) is 3.07. The Morgan fingerprint density at radius 3 is 2.71 bits per heavy atom. The number of allylic oxidation sites excluding steroid dienone is 1. The molecular weight excluding hydrogens is 538 g/mol. The Balaban J connectivity index is 1.73. The SMILES string of the molecule is C#CCn1cc(/C=c2/sc3n(c2=O)[C@@H](c2ccc(OC(C)C)c(OC)c2)C(C(=O)OCC)=C(C)N=3)c2ccccc21. The zero-order valence-corrected chi connectivity index (χ0v) is 24.5. The lowest BCUT2D eigenvalue weighted by Crippen LogP contribution is -2.40. The number of hydrogen-bond donors (Lipinski definition) is 0. The molecule has 0 saturated carbocycles. The summed E-state index contributed by atoms with van der Waals surface area (Å²) in [4.78, 5) is 32.5. The number of benzene rings is 2. The third-order valence-corrected chi connectivity index (χ3v) is 7.73. The van der Waals surface area contributed by atoms with Gasteiger partial charge in [0.25, 0.3) is 5.56 Å². The first-order chi connectivity index (χ1) is 19.8. The minimum atomic E-state index is -0.766. The summed E-state index contributed by atoms with van der Waals surface area (Å²) in [5.74, 6) is 3.23. The highest BCUT2D eigenvalue weighted by molar-refractivity contribution is 7.07. The summed E-state index contributed by atoms with van der Waals surface area (Å²) in [6.45, 7) is 7.97. The molecule has 3 heterocycles. The molecule has 2 aromatic heterocycles. The Morgan fingerprint density at radius 2 is 2.00 bits per heavy atom. The number of ether oxygens (including phenoxy) is 3. The monoisotopic (exact) mass is 569 g/mol. The van der Waals surface area contributed by atoms with Crippen LogP contribution in [0.1, 0.15) is 44.9 Å². The van der Waals surface area contributed by atoms with Crippen LogP contribution < -0.4 is 24.4 Å². The fourth-order valence-corrected chi connectivity index (χ4v) is 6.11. The van der Waals surface area contributed by atoms with Crippen molar-refractivity contribution in [3.63, 3.8) is 0 Å². The molecule has 9 heteroatoms. The Morgan fingerprint density at radius 1 is 1.22 bits per heavy atom. The Kier molecular flexibility index (Phi) is 7.86. The molecule has 1 aliphatic heterocycles. The van der Waals surface area contributed by atoms with Crippen molar-refractivity contribution in [1.82, 2.24) is 9.13 Å². The van der Waals surface area contributed by atoms with Gasteiger partial charge in [-0.25, -0.2) is 9.79 Å². The van der Waals surface area contributed by atoms with E-state index in [1.54, 1.807) is 37.7 Å². The number of esters is 1. The van der Waals surface area contributed by atoms with Gasteiger partial charge in [-0.05, 0) is 57.5 Å². The maximum atomic E-state index is 14.1. The minimum Gasteiger partial charge on any atom is -0.493 e. The van der Waals surface area contributed by atoms with E-state index in [-0.39, 0.29) is 18.3 Å². The van der Waals surface area contributed by atoms with Crippen LogP contribution in [0.15, 0.2) is 69.7 Å². The first-order valence-corrected chi connectivity index (χ1v) is 14.1. The van der Waals surface area contributed by atoms with Crippen LogP contribution in [0.5, 0.6) is 11.5 Å². The van der Waals surface area contributed by atoms with Crippen LogP contribution in [0.4, 0.5) is 0 Å². The van der Waals surface area contributed by atoms with E-state index in [0.29, 0.717) is 44.2 Å². The summed E-state index contributed by atoms with van der Waals surface area (Å²) in [6, 6.07) is 12.6. The zero-order chi connectivity index (χ0) is 29.3. The second kappa shape index (κ2) is 11.5. The third kappa shape index (κ3) is 5.19. The molecule has 4 aromatic rings. The van der Waals surface area contributed by atoms with E-state index in [1.807, 2.05) is 61.0 Å². The molecule has 0 fully saturated rings. The average molecular weight is 570 g/mol. The topological polar surface area (TPSA) is 84.0 Å². The smallest absolute Gasteiger partial charge is 0.338 e. The standard InChI is InChI=1S/C32H31N3O5S/c1-7-15-34-18-22(23-11-9-10-12-24(23)34)17-27-30(36)35-29(21-13-14-25(40-19(3)4)26(16-21)38-6)28(31(37)39-8-2)20(5)33-32(35)41-27/h1,9-14,16-19,29H,8,15H2,2-6H3/b27-17+/t29-/m0/s1. The number of fused-ring (bicyclic) bond motifs is 2. The number of terminal acetylenes is 1.